The SMILES string of the molecule is COC(=O)c1ccc(CN(C2CCN(C)CC2)S(=O)(=O)c2ccccc2[N+](=O)[O-])cc1. The molecule has 2 aromatic rings. The van der Waals surface area contributed by atoms with Gasteiger partial charge >= 0.3 is 5.97 Å². The van der Waals surface area contributed by atoms with Crippen molar-refractivity contribution in [3.63, 3.8) is 0 Å². The number of likely N-dealkylation sites (tertiary alicyclic amines) is 1. The lowest BCUT2D eigenvalue weighted by molar-refractivity contribution is -0.387. The minimum atomic E-state index is -4.14. The topological polar surface area (TPSA) is 110 Å². The van der Waals surface area contributed by atoms with E-state index >= 15 is 0 Å². The van der Waals surface area contributed by atoms with Crippen molar-refractivity contribution in [1.29, 1.82) is 0 Å². The predicted molar refractivity (Wildman–Crippen MR) is 114 cm³/mol. The molecule has 9 nitrogen and oxygen atoms in total. The van der Waals surface area contributed by atoms with E-state index in [0.717, 1.165) is 13.1 Å². The summed E-state index contributed by atoms with van der Waals surface area (Å²) >= 11 is 0. The van der Waals surface area contributed by atoms with Gasteiger partial charge in [0, 0.05) is 18.7 Å². The van der Waals surface area contributed by atoms with Gasteiger partial charge in [0.2, 0.25) is 10.0 Å². The van der Waals surface area contributed by atoms with Crippen molar-refractivity contribution in [2.75, 3.05) is 27.2 Å². The molecule has 0 spiro atoms. The van der Waals surface area contributed by atoms with Crippen molar-refractivity contribution in [2.45, 2.75) is 30.3 Å². The van der Waals surface area contributed by atoms with Crippen molar-refractivity contribution in [3.05, 3.63) is 69.8 Å². The summed E-state index contributed by atoms with van der Waals surface area (Å²) < 4.78 is 33.2. The molecule has 0 aliphatic carbocycles. The number of nitro benzene ring substituents is 1. The van der Waals surface area contributed by atoms with Crippen LogP contribution in [0.3, 0.4) is 0 Å². The van der Waals surface area contributed by atoms with E-state index in [-0.39, 0.29) is 17.5 Å². The van der Waals surface area contributed by atoms with Gasteiger partial charge < -0.3 is 9.64 Å². The highest BCUT2D eigenvalue weighted by molar-refractivity contribution is 7.89. The molecule has 0 N–H and O–H groups in total. The van der Waals surface area contributed by atoms with Gasteiger partial charge in [-0.1, -0.05) is 24.3 Å². The zero-order valence-electron chi connectivity index (χ0n) is 17.4. The number of carbonyl (C=O) groups excluding carboxylic acids is 1. The Morgan fingerprint density at radius 3 is 2.35 bits per heavy atom. The quantitative estimate of drug-likeness (QED) is 0.364. The summed E-state index contributed by atoms with van der Waals surface area (Å²) in [5.41, 5.74) is 0.592. The van der Waals surface area contributed by atoms with Crippen LogP contribution in [0.1, 0.15) is 28.8 Å². The van der Waals surface area contributed by atoms with Crippen molar-refractivity contribution in [1.82, 2.24) is 9.21 Å². The van der Waals surface area contributed by atoms with Crippen LogP contribution in [0.15, 0.2) is 53.4 Å². The number of carbonyl (C=O) groups is 1. The number of esters is 1. The van der Waals surface area contributed by atoms with Crippen molar-refractivity contribution >= 4 is 21.7 Å². The number of sulfonamides is 1. The normalized spacial score (nSPS) is 15.7. The highest BCUT2D eigenvalue weighted by atomic mass is 32.2. The average molecular weight is 448 g/mol. The van der Waals surface area contributed by atoms with Crippen molar-refractivity contribution in [2.24, 2.45) is 0 Å². The molecule has 0 unspecified atom stereocenters. The maximum absolute atomic E-state index is 13.6. The van der Waals surface area contributed by atoms with Crippen LogP contribution in [-0.4, -0.2) is 61.8 Å². The Morgan fingerprint density at radius 1 is 1.16 bits per heavy atom. The Bertz CT molecular complexity index is 1050. The van der Waals surface area contributed by atoms with Crippen LogP contribution in [0, 0.1) is 10.1 Å². The van der Waals surface area contributed by atoms with E-state index in [1.54, 1.807) is 24.3 Å². The summed E-state index contributed by atoms with van der Waals surface area (Å²) in [6, 6.07) is 11.6. The number of para-hydroxylation sites is 1. The average Bonchev–Trinajstić information content (AvgIpc) is 2.78. The smallest absolute Gasteiger partial charge is 0.337 e. The van der Waals surface area contributed by atoms with Gasteiger partial charge in [-0.05, 0) is 56.7 Å². The first-order chi connectivity index (χ1) is 14.7. The number of methoxy groups -OCH3 is 1. The van der Waals surface area contributed by atoms with E-state index in [4.69, 9.17) is 4.74 Å². The van der Waals surface area contributed by atoms with Crippen LogP contribution < -0.4 is 0 Å². The molecule has 1 aliphatic rings. The molecule has 0 radical (unpaired) electrons. The summed E-state index contributed by atoms with van der Waals surface area (Å²) in [5, 5.41) is 11.5. The minimum Gasteiger partial charge on any atom is -0.465 e. The van der Waals surface area contributed by atoms with Gasteiger partial charge in [-0.25, -0.2) is 13.2 Å². The second kappa shape index (κ2) is 9.54. The molecule has 1 aliphatic heterocycles. The number of nitrogens with zero attached hydrogens (tertiary/aromatic N) is 3. The molecule has 0 saturated carbocycles. The molecule has 0 atom stereocenters. The molecule has 0 bridgehead atoms. The molecule has 2 aromatic carbocycles. The predicted octanol–water partition coefficient (Wildman–Crippen LogP) is 2.67. The molecule has 3 rings (SSSR count). The second-order valence-corrected chi connectivity index (χ2v) is 9.36. The van der Waals surface area contributed by atoms with Gasteiger partial charge in [0.05, 0.1) is 17.6 Å². The van der Waals surface area contributed by atoms with Gasteiger partial charge in [-0.2, -0.15) is 4.31 Å². The van der Waals surface area contributed by atoms with Crippen molar-refractivity contribution in [3.8, 4) is 0 Å². The molecule has 1 heterocycles. The minimum absolute atomic E-state index is 0.0458. The Balaban J connectivity index is 1.99. The first kappa shape index (κ1) is 22.9. The number of ether oxygens (including phenoxy) is 1. The second-order valence-electron chi connectivity index (χ2n) is 7.50. The fraction of sp³-hybridized carbons (Fsp3) is 0.381. The molecule has 10 heteroatoms. The number of nitro groups is 1. The van der Waals surface area contributed by atoms with Crippen LogP contribution in [-0.2, 0) is 21.3 Å². The van der Waals surface area contributed by atoms with Crippen LogP contribution in [0.4, 0.5) is 5.69 Å². The summed E-state index contributed by atoms with van der Waals surface area (Å²) in [6.07, 6.45) is 1.24. The maximum atomic E-state index is 13.6. The monoisotopic (exact) mass is 447 g/mol. The Labute approximate surface area is 181 Å². The molecule has 0 amide bonds. The lowest BCUT2D eigenvalue weighted by Gasteiger charge is -2.36. The lowest BCUT2D eigenvalue weighted by Crippen LogP contribution is -2.46. The summed E-state index contributed by atoms with van der Waals surface area (Å²) in [4.78, 5) is 24.3. The molecular formula is C21H25N3O6S. The molecule has 166 valence electrons. The number of rotatable bonds is 7. The summed E-state index contributed by atoms with van der Waals surface area (Å²) in [6.45, 7) is 1.51. The van der Waals surface area contributed by atoms with Crippen molar-refractivity contribution < 1.29 is 22.9 Å². The van der Waals surface area contributed by atoms with Gasteiger partial charge in [0.25, 0.3) is 5.69 Å². The first-order valence-corrected chi connectivity index (χ1v) is 11.3. The zero-order chi connectivity index (χ0) is 22.6. The lowest BCUT2D eigenvalue weighted by atomic mass is 10.0. The third kappa shape index (κ3) is 5.09. The van der Waals surface area contributed by atoms with E-state index in [1.807, 2.05) is 7.05 Å². The summed E-state index contributed by atoms with van der Waals surface area (Å²) in [5.74, 6) is -0.480. The van der Waals surface area contributed by atoms with Gasteiger partial charge in [-0.15, -0.1) is 0 Å². The molecule has 31 heavy (non-hydrogen) atoms. The van der Waals surface area contributed by atoms with Gasteiger partial charge in [0.1, 0.15) is 0 Å². The highest BCUT2D eigenvalue weighted by Gasteiger charge is 2.37. The third-order valence-electron chi connectivity index (χ3n) is 5.46. The van der Waals surface area contributed by atoms with Crippen LogP contribution in [0.5, 0.6) is 0 Å². The maximum Gasteiger partial charge on any atom is 0.337 e. The molecule has 1 fully saturated rings. The number of hydrogen-bond acceptors (Lipinski definition) is 7. The van der Waals surface area contributed by atoms with Crippen LogP contribution in [0.25, 0.3) is 0 Å². The van der Waals surface area contributed by atoms with Gasteiger partial charge in [0.15, 0.2) is 4.90 Å². The number of piperidine rings is 1. The Hall–Kier alpha value is -2.82. The molecular weight excluding hydrogens is 422 g/mol. The molecule has 1 saturated heterocycles. The highest BCUT2D eigenvalue weighted by Crippen LogP contribution is 2.31. The molecule has 0 aromatic heterocycles. The van der Waals surface area contributed by atoms with E-state index < -0.39 is 26.6 Å². The fourth-order valence-electron chi connectivity index (χ4n) is 3.69. The fourth-order valence-corrected chi connectivity index (χ4v) is 5.52. The first-order valence-electron chi connectivity index (χ1n) is 9.85. The van der Waals surface area contributed by atoms with E-state index in [0.29, 0.717) is 24.0 Å². The Kier molecular flexibility index (Phi) is 7.04. The number of hydrogen-bond donors (Lipinski definition) is 0. The van der Waals surface area contributed by atoms with Crippen LogP contribution >= 0.6 is 0 Å². The van der Waals surface area contributed by atoms with Gasteiger partial charge in [-0.3, -0.25) is 10.1 Å². The number of benzene rings is 2. The van der Waals surface area contributed by atoms with E-state index in [2.05, 4.69) is 4.90 Å². The summed E-state index contributed by atoms with van der Waals surface area (Å²) in [7, 11) is -0.878. The Morgan fingerprint density at radius 2 is 1.77 bits per heavy atom. The standard InChI is InChI=1S/C21H25N3O6S/c1-22-13-11-18(12-14-22)23(15-16-7-9-17(10-8-16)21(25)30-2)31(28,29)20-6-4-3-5-19(20)24(26)27/h3-10,18H,11-15H2,1-2H3. The largest absolute Gasteiger partial charge is 0.465 e. The van der Waals surface area contributed by atoms with E-state index in [9.17, 15) is 23.3 Å². The zero-order valence-corrected chi connectivity index (χ0v) is 18.2. The van der Waals surface area contributed by atoms with E-state index in [1.165, 1.54) is 35.7 Å². The third-order valence-corrected chi connectivity index (χ3v) is 7.40. The van der Waals surface area contributed by atoms with Crippen LogP contribution in [0.2, 0.25) is 0 Å².